The van der Waals surface area contributed by atoms with E-state index in [1.807, 2.05) is 58.4 Å². The number of hydrogen-bond donors (Lipinski definition) is 0. The molecule has 2 aromatic carbocycles. The van der Waals surface area contributed by atoms with Crippen LogP contribution in [-0.2, 0) is 16.0 Å². The molecule has 0 saturated carbocycles. The first-order chi connectivity index (χ1) is 18.0. The summed E-state index contributed by atoms with van der Waals surface area (Å²) in [5.74, 6) is 0.817. The first-order valence-electron chi connectivity index (χ1n) is 13.1. The van der Waals surface area contributed by atoms with E-state index in [1.54, 1.807) is 0 Å². The molecule has 2 aliphatic rings. The predicted molar refractivity (Wildman–Crippen MR) is 147 cm³/mol. The fraction of sp³-hybridized carbons (Fsp3) is 0.400. The van der Waals surface area contributed by atoms with E-state index >= 15 is 0 Å². The maximum Gasteiger partial charge on any atom is 0.260 e. The number of thiophene rings is 1. The molecule has 3 heterocycles. The summed E-state index contributed by atoms with van der Waals surface area (Å²) in [6, 6.07) is 20.4. The monoisotopic (exact) mass is 517 g/mol. The van der Waals surface area contributed by atoms with Gasteiger partial charge >= 0.3 is 0 Å². The minimum Gasteiger partial charge on any atom is -0.484 e. The van der Waals surface area contributed by atoms with Crippen molar-refractivity contribution in [3.05, 3.63) is 87.6 Å². The van der Waals surface area contributed by atoms with Crippen LogP contribution in [0.15, 0.2) is 66.0 Å². The van der Waals surface area contributed by atoms with E-state index in [-0.39, 0.29) is 30.5 Å². The van der Waals surface area contributed by atoms with Crippen molar-refractivity contribution in [1.29, 1.82) is 0 Å². The third-order valence-corrected chi connectivity index (χ3v) is 8.56. The molecular weight excluding hydrogens is 482 g/mol. The molecule has 1 aromatic heterocycles. The highest BCUT2D eigenvalue weighted by Crippen LogP contribution is 2.38. The standard InChI is InChI=1S/C30H35N3O3S/c1-22-8-6-7-11-25(22)30-26-14-19-37-27(26)12-15-31(30)16-13-28(34)32-17-18-33(23(2)20-32)29(35)21-36-24-9-4-3-5-10-24/h3-11,14,19,23,30H,12-13,15-18,20-21H2,1-2H3/t23-,30+/m1/s1. The third kappa shape index (κ3) is 5.73. The van der Waals surface area contributed by atoms with Crippen LogP contribution in [0.1, 0.15) is 41.0 Å². The molecule has 37 heavy (non-hydrogen) atoms. The highest BCUT2D eigenvalue weighted by Gasteiger charge is 2.33. The van der Waals surface area contributed by atoms with Crippen molar-refractivity contribution in [3.8, 4) is 5.75 Å². The molecule has 1 saturated heterocycles. The Hall–Kier alpha value is -3.16. The van der Waals surface area contributed by atoms with Gasteiger partial charge in [-0.25, -0.2) is 0 Å². The summed E-state index contributed by atoms with van der Waals surface area (Å²) in [6.07, 6.45) is 1.52. The summed E-state index contributed by atoms with van der Waals surface area (Å²) in [7, 11) is 0. The largest absolute Gasteiger partial charge is 0.484 e. The number of ether oxygens (including phenoxy) is 1. The van der Waals surface area contributed by atoms with E-state index in [4.69, 9.17) is 4.74 Å². The topological polar surface area (TPSA) is 53.1 Å². The van der Waals surface area contributed by atoms with E-state index in [2.05, 4.69) is 47.5 Å². The average Bonchev–Trinajstić information content (AvgIpc) is 3.40. The number of rotatable bonds is 7. The molecule has 194 valence electrons. The van der Waals surface area contributed by atoms with Crippen molar-refractivity contribution in [2.45, 2.75) is 38.8 Å². The Morgan fingerprint density at radius 3 is 2.51 bits per heavy atom. The van der Waals surface area contributed by atoms with Crippen molar-refractivity contribution in [3.63, 3.8) is 0 Å². The van der Waals surface area contributed by atoms with Gasteiger partial charge in [-0.1, -0.05) is 42.5 Å². The van der Waals surface area contributed by atoms with Crippen LogP contribution in [0, 0.1) is 6.92 Å². The second kappa shape index (κ2) is 11.5. The van der Waals surface area contributed by atoms with Crippen molar-refractivity contribution in [1.82, 2.24) is 14.7 Å². The highest BCUT2D eigenvalue weighted by molar-refractivity contribution is 7.10. The zero-order chi connectivity index (χ0) is 25.8. The van der Waals surface area contributed by atoms with E-state index in [0.717, 1.165) is 19.5 Å². The molecule has 1 fully saturated rings. The number of carbonyl (C=O) groups is 2. The van der Waals surface area contributed by atoms with Crippen molar-refractivity contribution in [2.75, 3.05) is 39.3 Å². The number of piperazine rings is 1. The normalized spacial score (nSPS) is 19.9. The van der Waals surface area contributed by atoms with Gasteiger partial charge in [-0.05, 0) is 60.5 Å². The lowest BCUT2D eigenvalue weighted by molar-refractivity contribution is -0.144. The van der Waals surface area contributed by atoms with Crippen molar-refractivity contribution >= 4 is 23.2 Å². The zero-order valence-corrected chi connectivity index (χ0v) is 22.5. The lowest BCUT2D eigenvalue weighted by Crippen LogP contribution is -2.56. The van der Waals surface area contributed by atoms with Gasteiger partial charge in [0, 0.05) is 50.1 Å². The van der Waals surface area contributed by atoms with Crippen molar-refractivity contribution in [2.24, 2.45) is 0 Å². The molecule has 2 amide bonds. The van der Waals surface area contributed by atoms with E-state index in [9.17, 15) is 9.59 Å². The minimum absolute atomic E-state index is 0.0160. The van der Waals surface area contributed by atoms with Crippen LogP contribution in [0.4, 0.5) is 0 Å². The molecule has 0 unspecified atom stereocenters. The van der Waals surface area contributed by atoms with Gasteiger partial charge in [0.05, 0.1) is 6.04 Å². The molecule has 6 nitrogen and oxygen atoms in total. The van der Waals surface area contributed by atoms with Crippen LogP contribution in [0.3, 0.4) is 0 Å². The van der Waals surface area contributed by atoms with Crippen molar-refractivity contribution < 1.29 is 14.3 Å². The molecule has 2 atom stereocenters. The van der Waals surface area contributed by atoms with Gasteiger partial charge < -0.3 is 14.5 Å². The van der Waals surface area contributed by atoms with E-state index < -0.39 is 0 Å². The van der Waals surface area contributed by atoms with Crippen LogP contribution >= 0.6 is 11.3 Å². The summed E-state index contributed by atoms with van der Waals surface area (Å²) >= 11 is 1.84. The Morgan fingerprint density at radius 2 is 1.73 bits per heavy atom. The number of hydrogen-bond acceptors (Lipinski definition) is 5. The molecule has 7 heteroatoms. The molecule has 0 spiro atoms. The number of carbonyl (C=O) groups excluding carboxylic acids is 2. The van der Waals surface area contributed by atoms with E-state index in [0.29, 0.717) is 31.8 Å². The molecular formula is C30H35N3O3S. The summed E-state index contributed by atoms with van der Waals surface area (Å²) in [4.78, 5) is 33.7. The van der Waals surface area contributed by atoms with Gasteiger partial charge in [0.1, 0.15) is 5.75 Å². The Bertz CT molecular complexity index is 1230. The minimum atomic E-state index is -0.0376. The van der Waals surface area contributed by atoms with Gasteiger partial charge in [-0.2, -0.15) is 0 Å². The SMILES string of the molecule is Cc1ccccc1[C@H]1c2ccsc2CCN1CCC(=O)N1CCN(C(=O)COc2ccccc2)[C@H](C)C1. The molecule has 0 bridgehead atoms. The zero-order valence-electron chi connectivity index (χ0n) is 21.6. The first-order valence-corrected chi connectivity index (χ1v) is 14.0. The Balaban J connectivity index is 1.17. The quantitative estimate of drug-likeness (QED) is 0.462. The molecule has 0 N–H and O–H groups in total. The number of benzene rings is 2. The van der Waals surface area contributed by atoms with Crippen LogP contribution < -0.4 is 4.74 Å². The van der Waals surface area contributed by atoms with Crippen LogP contribution in [0.5, 0.6) is 5.75 Å². The van der Waals surface area contributed by atoms with Gasteiger partial charge in [-0.15, -0.1) is 11.3 Å². The van der Waals surface area contributed by atoms with Crippen LogP contribution in [0.25, 0.3) is 0 Å². The van der Waals surface area contributed by atoms with Crippen LogP contribution in [-0.4, -0.2) is 71.9 Å². The van der Waals surface area contributed by atoms with Gasteiger partial charge in [0.2, 0.25) is 5.91 Å². The number of nitrogens with zero attached hydrogens (tertiary/aromatic N) is 3. The fourth-order valence-corrected chi connectivity index (χ4v) is 6.47. The fourth-order valence-electron chi connectivity index (χ4n) is 5.56. The molecule has 0 aliphatic carbocycles. The Labute approximate surface area is 223 Å². The highest BCUT2D eigenvalue weighted by atomic mass is 32.1. The molecule has 2 aliphatic heterocycles. The van der Waals surface area contributed by atoms with E-state index in [1.165, 1.54) is 21.6 Å². The molecule has 3 aromatic rings. The summed E-state index contributed by atoms with van der Waals surface area (Å²) in [5.41, 5.74) is 4.00. The van der Waals surface area contributed by atoms with Gasteiger partial charge in [0.15, 0.2) is 6.61 Å². The van der Waals surface area contributed by atoms with Gasteiger partial charge in [0.25, 0.3) is 5.91 Å². The second-order valence-corrected chi connectivity index (χ2v) is 11.0. The third-order valence-electron chi connectivity index (χ3n) is 7.57. The van der Waals surface area contributed by atoms with Crippen LogP contribution in [0.2, 0.25) is 0 Å². The lowest BCUT2D eigenvalue weighted by Gasteiger charge is -2.41. The smallest absolute Gasteiger partial charge is 0.260 e. The first kappa shape index (κ1) is 25.5. The number of amides is 2. The second-order valence-electron chi connectivity index (χ2n) is 9.97. The maximum absolute atomic E-state index is 13.3. The summed E-state index contributed by atoms with van der Waals surface area (Å²) in [5, 5.41) is 2.19. The molecule has 0 radical (unpaired) electrons. The number of para-hydroxylation sites is 1. The number of aryl methyl sites for hydroxylation is 1. The Morgan fingerprint density at radius 1 is 0.946 bits per heavy atom. The summed E-state index contributed by atoms with van der Waals surface area (Å²) < 4.78 is 5.65. The predicted octanol–water partition coefficient (Wildman–Crippen LogP) is 4.53. The maximum atomic E-state index is 13.3. The average molecular weight is 518 g/mol. The summed E-state index contributed by atoms with van der Waals surface area (Å²) in [6.45, 7) is 7.55. The Kier molecular flexibility index (Phi) is 7.91. The van der Waals surface area contributed by atoms with Gasteiger partial charge in [-0.3, -0.25) is 14.5 Å². The number of fused-ring (bicyclic) bond motifs is 1. The lowest BCUT2D eigenvalue weighted by atomic mass is 9.90. The molecule has 5 rings (SSSR count).